The number of anilines is 2. The van der Waals surface area contributed by atoms with Crippen LogP contribution in [0.25, 0.3) is 0 Å². The minimum Gasteiger partial charge on any atom is -0.449 e. The van der Waals surface area contributed by atoms with Crippen LogP contribution in [0.5, 0.6) is 0 Å². The highest BCUT2D eigenvalue weighted by Crippen LogP contribution is 2.28. The van der Waals surface area contributed by atoms with Gasteiger partial charge in [0.2, 0.25) is 0 Å². The molecule has 3 aromatic carbocycles. The van der Waals surface area contributed by atoms with Gasteiger partial charge in [-0.1, -0.05) is 42.5 Å². The average Bonchev–Trinajstić information content (AvgIpc) is 3.27. The molecule has 1 amide bonds. The number of carbonyl (C=O) groups is 2. The van der Waals surface area contributed by atoms with Crippen molar-refractivity contribution in [3.8, 4) is 0 Å². The average molecular weight is 465 g/mol. The lowest BCUT2D eigenvalue weighted by Crippen LogP contribution is -2.39. The van der Waals surface area contributed by atoms with Gasteiger partial charge in [-0.25, -0.2) is 13.2 Å². The number of para-hydroxylation sites is 2. The van der Waals surface area contributed by atoms with Gasteiger partial charge in [0.25, 0.3) is 15.9 Å². The van der Waals surface area contributed by atoms with Crippen molar-refractivity contribution in [2.45, 2.75) is 24.3 Å². The standard InChI is InChI=1S/C25H24N2O5S/c1-18(24(28)27-16-15-19-9-6-7-14-23(19)27)32-25(29)20-10-8-13-22(17-20)33(30,31)26(2)21-11-4-3-5-12-21/h3-14,17-18H,15-16H2,1-2H3/t18-/m1/s1. The Morgan fingerprint density at radius 1 is 0.970 bits per heavy atom. The molecule has 0 saturated carbocycles. The predicted molar refractivity (Wildman–Crippen MR) is 126 cm³/mol. The van der Waals surface area contributed by atoms with Crippen LogP contribution in [0.15, 0.2) is 83.8 Å². The number of rotatable bonds is 6. The fraction of sp³-hybridized carbons (Fsp3) is 0.200. The van der Waals surface area contributed by atoms with Gasteiger partial charge >= 0.3 is 5.97 Å². The van der Waals surface area contributed by atoms with Gasteiger partial charge < -0.3 is 9.64 Å². The summed E-state index contributed by atoms with van der Waals surface area (Å²) in [5.41, 5.74) is 2.45. The Morgan fingerprint density at radius 2 is 1.67 bits per heavy atom. The van der Waals surface area contributed by atoms with E-state index in [9.17, 15) is 18.0 Å². The Labute approximate surface area is 193 Å². The lowest BCUT2D eigenvalue weighted by molar-refractivity contribution is -0.126. The van der Waals surface area contributed by atoms with E-state index in [-0.39, 0.29) is 16.4 Å². The first-order valence-electron chi connectivity index (χ1n) is 10.5. The molecular formula is C25H24N2O5S. The molecule has 1 heterocycles. The summed E-state index contributed by atoms with van der Waals surface area (Å²) in [4.78, 5) is 27.2. The van der Waals surface area contributed by atoms with Crippen LogP contribution >= 0.6 is 0 Å². The van der Waals surface area contributed by atoms with Crippen LogP contribution in [0.1, 0.15) is 22.8 Å². The zero-order valence-electron chi connectivity index (χ0n) is 18.3. The third kappa shape index (κ3) is 4.47. The number of ether oxygens (including phenoxy) is 1. The van der Waals surface area contributed by atoms with Gasteiger partial charge in [-0.15, -0.1) is 0 Å². The van der Waals surface area contributed by atoms with Crippen LogP contribution in [0.2, 0.25) is 0 Å². The van der Waals surface area contributed by atoms with E-state index in [1.165, 1.54) is 38.2 Å². The highest BCUT2D eigenvalue weighted by molar-refractivity contribution is 7.92. The maximum Gasteiger partial charge on any atom is 0.338 e. The zero-order chi connectivity index (χ0) is 23.6. The van der Waals surface area contributed by atoms with Crippen molar-refractivity contribution in [2.24, 2.45) is 0 Å². The molecule has 0 fully saturated rings. The van der Waals surface area contributed by atoms with Crippen LogP contribution in [0, 0.1) is 0 Å². The maximum atomic E-state index is 13.0. The van der Waals surface area contributed by atoms with Gasteiger partial charge in [-0.2, -0.15) is 0 Å². The van der Waals surface area contributed by atoms with Crippen LogP contribution < -0.4 is 9.21 Å². The summed E-state index contributed by atoms with van der Waals surface area (Å²) in [7, 11) is -2.44. The molecule has 1 aliphatic heterocycles. The van der Waals surface area contributed by atoms with Gasteiger partial charge in [0.05, 0.1) is 16.1 Å². The van der Waals surface area contributed by atoms with E-state index < -0.39 is 22.1 Å². The van der Waals surface area contributed by atoms with Crippen molar-refractivity contribution >= 4 is 33.3 Å². The van der Waals surface area contributed by atoms with Crippen molar-refractivity contribution in [1.29, 1.82) is 0 Å². The summed E-state index contributed by atoms with van der Waals surface area (Å²) in [6, 6.07) is 21.9. The third-order valence-corrected chi connectivity index (χ3v) is 7.41. The summed E-state index contributed by atoms with van der Waals surface area (Å²) in [5.74, 6) is -1.08. The van der Waals surface area contributed by atoms with E-state index in [4.69, 9.17) is 4.74 Å². The normalized spacial score (nSPS) is 13.8. The number of fused-ring (bicyclic) bond motifs is 1. The van der Waals surface area contributed by atoms with Gasteiger partial charge in [-0.3, -0.25) is 9.10 Å². The summed E-state index contributed by atoms with van der Waals surface area (Å²) in [5, 5.41) is 0. The second-order valence-corrected chi connectivity index (χ2v) is 9.72. The van der Waals surface area contributed by atoms with Crippen molar-refractivity contribution in [3.63, 3.8) is 0 Å². The van der Waals surface area contributed by atoms with Gasteiger partial charge in [0.1, 0.15) is 0 Å². The smallest absolute Gasteiger partial charge is 0.338 e. The molecule has 170 valence electrons. The monoisotopic (exact) mass is 464 g/mol. The van der Waals surface area contributed by atoms with E-state index in [1.54, 1.807) is 35.2 Å². The number of esters is 1. The second-order valence-electron chi connectivity index (χ2n) is 7.75. The first-order chi connectivity index (χ1) is 15.8. The highest BCUT2D eigenvalue weighted by Gasteiger charge is 2.30. The molecule has 8 heteroatoms. The molecule has 0 bridgehead atoms. The molecule has 1 atom stereocenters. The van der Waals surface area contributed by atoms with Crippen LogP contribution in [0.3, 0.4) is 0 Å². The minimum absolute atomic E-state index is 0.0456. The van der Waals surface area contributed by atoms with E-state index >= 15 is 0 Å². The number of amides is 1. The molecule has 0 unspecified atom stereocenters. The maximum absolute atomic E-state index is 13.0. The Bertz CT molecular complexity index is 1290. The van der Waals surface area contributed by atoms with Crippen LogP contribution in [-0.4, -0.2) is 40.0 Å². The number of hydrogen-bond acceptors (Lipinski definition) is 5. The highest BCUT2D eigenvalue weighted by atomic mass is 32.2. The van der Waals surface area contributed by atoms with Crippen molar-refractivity contribution in [3.05, 3.63) is 90.0 Å². The Hall–Kier alpha value is -3.65. The molecule has 0 aliphatic carbocycles. The van der Waals surface area contributed by atoms with E-state index in [0.29, 0.717) is 12.2 Å². The van der Waals surface area contributed by atoms with Crippen molar-refractivity contribution in [2.75, 3.05) is 22.8 Å². The third-order valence-electron chi connectivity index (χ3n) is 5.63. The summed E-state index contributed by atoms with van der Waals surface area (Å²) >= 11 is 0. The molecule has 33 heavy (non-hydrogen) atoms. The first-order valence-corrected chi connectivity index (χ1v) is 12.0. The molecule has 7 nitrogen and oxygen atoms in total. The van der Waals surface area contributed by atoms with Gasteiger partial charge in [0, 0.05) is 19.3 Å². The molecule has 0 N–H and O–H groups in total. The summed E-state index contributed by atoms with van der Waals surface area (Å²) in [6.45, 7) is 2.05. The Balaban J connectivity index is 1.49. The fourth-order valence-electron chi connectivity index (χ4n) is 3.78. The summed E-state index contributed by atoms with van der Waals surface area (Å²) in [6.07, 6.45) is -0.270. The SMILES string of the molecule is C[C@@H](OC(=O)c1cccc(S(=O)(=O)N(C)c2ccccc2)c1)C(=O)N1CCc2ccccc21. The molecule has 0 saturated heterocycles. The molecule has 0 aromatic heterocycles. The van der Waals surface area contributed by atoms with E-state index in [1.807, 2.05) is 24.3 Å². The van der Waals surface area contributed by atoms with E-state index in [0.717, 1.165) is 22.0 Å². The van der Waals surface area contributed by atoms with Gasteiger partial charge in [0.15, 0.2) is 6.10 Å². The van der Waals surface area contributed by atoms with Crippen LogP contribution in [0.4, 0.5) is 11.4 Å². The zero-order valence-corrected chi connectivity index (χ0v) is 19.2. The van der Waals surface area contributed by atoms with E-state index in [2.05, 4.69) is 0 Å². The topological polar surface area (TPSA) is 84.0 Å². The number of benzene rings is 3. The van der Waals surface area contributed by atoms with Crippen LogP contribution in [-0.2, 0) is 26.0 Å². The molecular weight excluding hydrogens is 440 g/mol. The fourth-order valence-corrected chi connectivity index (χ4v) is 5.03. The molecule has 3 aromatic rings. The second kappa shape index (κ2) is 9.07. The lowest BCUT2D eigenvalue weighted by Gasteiger charge is -2.22. The molecule has 1 aliphatic rings. The molecule has 4 rings (SSSR count). The first kappa shape index (κ1) is 22.5. The molecule has 0 radical (unpaired) electrons. The lowest BCUT2D eigenvalue weighted by atomic mass is 10.2. The summed E-state index contributed by atoms with van der Waals surface area (Å²) < 4.78 is 32.6. The predicted octanol–water partition coefficient (Wildman–Crippen LogP) is 3.65. The van der Waals surface area contributed by atoms with Crippen molar-refractivity contribution in [1.82, 2.24) is 0 Å². The Morgan fingerprint density at radius 3 is 2.42 bits per heavy atom. The number of nitrogens with zero attached hydrogens (tertiary/aromatic N) is 2. The number of carbonyl (C=O) groups excluding carboxylic acids is 2. The number of hydrogen-bond donors (Lipinski definition) is 0. The number of sulfonamides is 1. The Kier molecular flexibility index (Phi) is 6.20. The van der Waals surface area contributed by atoms with Gasteiger partial charge in [-0.05, 0) is 55.3 Å². The minimum atomic E-state index is -3.89. The largest absolute Gasteiger partial charge is 0.449 e. The molecule has 0 spiro atoms. The quantitative estimate of drug-likeness (QED) is 0.520. The van der Waals surface area contributed by atoms with Crippen molar-refractivity contribution < 1.29 is 22.7 Å².